The van der Waals surface area contributed by atoms with Crippen LogP contribution in [0.4, 0.5) is 5.69 Å². The van der Waals surface area contributed by atoms with Crippen LogP contribution in [0, 0.1) is 17.0 Å². The molecular formula is C19H18N4O5. The molecule has 0 aliphatic heterocycles. The molecule has 0 saturated carbocycles. The predicted molar refractivity (Wildman–Crippen MR) is 101 cm³/mol. The van der Waals surface area contributed by atoms with Gasteiger partial charge in [0.15, 0.2) is 5.82 Å². The van der Waals surface area contributed by atoms with Crippen molar-refractivity contribution >= 4 is 11.7 Å². The average Bonchev–Trinajstić information content (AvgIpc) is 3.13. The molecule has 1 heterocycles. The van der Waals surface area contributed by atoms with E-state index >= 15 is 0 Å². The maximum atomic E-state index is 12.4. The molecule has 0 aliphatic rings. The molecule has 0 amide bonds. The predicted octanol–water partition coefficient (Wildman–Crippen LogP) is 3.34. The van der Waals surface area contributed by atoms with Crippen molar-refractivity contribution in [3.63, 3.8) is 0 Å². The van der Waals surface area contributed by atoms with Crippen LogP contribution in [0.3, 0.4) is 0 Å². The van der Waals surface area contributed by atoms with Crippen LogP contribution >= 0.6 is 0 Å². The molecule has 28 heavy (non-hydrogen) atoms. The lowest BCUT2D eigenvalue weighted by Crippen LogP contribution is -2.14. The molecule has 9 nitrogen and oxygen atoms in total. The van der Waals surface area contributed by atoms with Gasteiger partial charge in [-0.25, -0.2) is 9.78 Å². The van der Waals surface area contributed by atoms with E-state index < -0.39 is 10.9 Å². The van der Waals surface area contributed by atoms with Gasteiger partial charge < -0.3 is 9.47 Å². The smallest absolute Gasteiger partial charge is 0.376 e. The average molecular weight is 382 g/mol. The molecule has 0 bridgehead atoms. The first-order valence-corrected chi connectivity index (χ1v) is 8.48. The van der Waals surface area contributed by atoms with E-state index in [9.17, 15) is 14.9 Å². The summed E-state index contributed by atoms with van der Waals surface area (Å²) in [5.74, 6) is 0.0385. The normalized spacial score (nSPS) is 10.5. The summed E-state index contributed by atoms with van der Waals surface area (Å²) in [7, 11) is 1.55. The number of esters is 1. The highest BCUT2D eigenvalue weighted by Gasteiger charge is 2.25. The first kappa shape index (κ1) is 19.0. The summed E-state index contributed by atoms with van der Waals surface area (Å²) < 4.78 is 11.3. The first-order chi connectivity index (χ1) is 13.4. The Bertz CT molecular complexity index is 1030. The minimum absolute atomic E-state index is 0.138. The highest BCUT2D eigenvalue weighted by Crippen LogP contribution is 2.27. The second kappa shape index (κ2) is 7.87. The first-order valence-electron chi connectivity index (χ1n) is 8.48. The van der Waals surface area contributed by atoms with E-state index in [1.54, 1.807) is 57.4 Å². The lowest BCUT2D eigenvalue weighted by molar-refractivity contribution is -0.384. The molecule has 0 aliphatic carbocycles. The summed E-state index contributed by atoms with van der Waals surface area (Å²) >= 11 is 0. The molecule has 0 radical (unpaired) electrons. The molecule has 2 aromatic carbocycles. The summed E-state index contributed by atoms with van der Waals surface area (Å²) in [6.45, 7) is 3.59. The molecule has 9 heteroatoms. The molecule has 0 saturated heterocycles. The van der Waals surface area contributed by atoms with Gasteiger partial charge in [-0.05, 0) is 49.7 Å². The van der Waals surface area contributed by atoms with Crippen LogP contribution in [0.5, 0.6) is 5.75 Å². The van der Waals surface area contributed by atoms with E-state index in [1.165, 1.54) is 6.07 Å². The number of carbonyl (C=O) groups excluding carboxylic acids is 1. The Labute approximate surface area is 160 Å². The summed E-state index contributed by atoms with van der Waals surface area (Å²) in [6.07, 6.45) is 0. The molecule has 3 aromatic rings. The number of ether oxygens (including phenoxy) is 2. The Morgan fingerprint density at radius 3 is 2.54 bits per heavy atom. The topological polar surface area (TPSA) is 109 Å². The SMILES string of the molecule is CCOC(=O)c1nc(-c2ccc(OC)cc2)nn1-c1cc(C)ccc1[N+](=O)[O-]. The summed E-state index contributed by atoms with van der Waals surface area (Å²) in [6, 6.07) is 11.5. The Balaban J connectivity index is 2.19. The fourth-order valence-electron chi connectivity index (χ4n) is 2.63. The highest BCUT2D eigenvalue weighted by molar-refractivity contribution is 5.87. The number of hydrogen-bond donors (Lipinski definition) is 0. The second-order valence-electron chi connectivity index (χ2n) is 5.87. The van der Waals surface area contributed by atoms with Gasteiger partial charge in [-0.2, -0.15) is 4.68 Å². The number of benzene rings is 2. The number of carbonyl (C=O) groups is 1. The van der Waals surface area contributed by atoms with Crippen molar-refractivity contribution in [1.82, 2.24) is 14.8 Å². The minimum Gasteiger partial charge on any atom is -0.497 e. The van der Waals surface area contributed by atoms with Crippen LogP contribution < -0.4 is 4.74 Å². The van der Waals surface area contributed by atoms with E-state index in [0.717, 1.165) is 10.2 Å². The molecule has 0 fully saturated rings. The van der Waals surface area contributed by atoms with Crippen molar-refractivity contribution in [3.05, 3.63) is 64.0 Å². The van der Waals surface area contributed by atoms with Gasteiger partial charge in [0.25, 0.3) is 5.69 Å². The molecule has 3 rings (SSSR count). The second-order valence-corrected chi connectivity index (χ2v) is 5.87. The summed E-state index contributed by atoms with van der Waals surface area (Å²) in [5, 5.41) is 15.8. The van der Waals surface area contributed by atoms with Crippen LogP contribution in [0.15, 0.2) is 42.5 Å². The van der Waals surface area contributed by atoms with Crippen molar-refractivity contribution in [2.24, 2.45) is 0 Å². The Hall–Kier alpha value is -3.75. The third-order valence-corrected chi connectivity index (χ3v) is 3.97. The van der Waals surface area contributed by atoms with E-state index in [-0.39, 0.29) is 29.6 Å². The zero-order chi connectivity index (χ0) is 20.3. The van der Waals surface area contributed by atoms with Gasteiger partial charge in [0, 0.05) is 11.6 Å². The maximum Gasteiger partial charge on any atom is 0.376 e. The number of aromatic nitrogens is 3. The van der Waals surface area contributed by atoms with Gasteiger partial charge in [-0.15, -0.1) is 5.10 Å². The van der Waals surface area contributed by atoms with Crippen LogP contribution in [0.1, 0.15) is 23.1 Å². The van der Waals surface area contributed by atoms with Crippen LogP contribution in [-0.2, 0) is 4.74 Å². The molecule has 1 aromatic heterocycles. The number of nitrogens with zero attached hydrogens (tertiary/aromatic N) is 4. The molecule has 0 spiro atoms. The minimum atomic E-state index is -0.717. The quantitative estimate of drug-likeness (QED) is 0.365. The zero-order valence-electron chi connectivity index (χ0n) is 15.6. The molecule has 144 valence electrons. The van der Waals surface area contributed by atoms with Gasteiger partial charge in [-0.1, -0.05) is 6.07 Å². The number of nitro benzene ring substituents is 1. The van der Waals surface area contributed by atoms with Crippen molar-refractivity contribution in [2.75, 3.05) is 13.7 Å². The molecule has 0 N–H and O–H groups in total. The monoisotopic (exact) mass is 382 g/mol. The number of nitro groups is 1. The van der Waals surface area contributed by atoms with Crippen molar-refractivity contribution in [2.45, 2.75) is 13.8 Å². The lowest BCUT2D eigenvalue weighted by Gasteiger charge is -2.07. The lowest BCUT2D eigenvalue weighted by atomic mass is 10.2. The maximum absolute atomic E-state index is 12.4. The van der Waals surface area contributed by atoms with E-state index in [1.807, 2.05) is 0 Å². The van der Waals surface area contributed by atoms with E-state index in [4.69, 9.17) is 9.47 Å². The molecule has 0 atom stereocenters. The third-order valence-electron chi connectivity index (χ3n) is 3.97. The number of aryl methyl sites for hydroxylation is 1. The fourth-order valence-corrected chi connectivity index (χ4v) is 2.63. The van der Waals surface area contributed by atoms with Crippen molar-refractivity contribution in [3.8, 4) is 22.8 Å². The van der Waals surface area contributed by atoms with Crippen molar-refractivity contribution < 1.29 is 19.2 Å². The fraction of sp³-hybridized carbons (Fsp3) is 0.211. The van der Waals surface area contributed by atoms with Gasteiger partial charge in [0.2, 0.25) is 5.82 Å². The third kappa shape index (κ3) is 3.68. The van der Waals surface area contributed by atoms with E-state index in [2.05, 4.69) is 10.1 Å². The Kier molecular flexibility index (Phi) is 5.35. The zero-order valence-corrected chi connectivity index (χ0v) is 15.6. The molecule has 0 unspecified atom stereocenters. The van der Waals surface area contributed by atoms with Crippen molar-refractivity contribution in [1.29, 1.82) is 0 Å². The number of rotatable bonds is 6. The van der Waals surface area contributed by atoms with Crippen LogP contribution in [-0.4, -0.2) is 39.4 Å². The van der Waals surface area contributed by atoms with Gasteiger partial charge in [0.1, 0.15) is 11.4 Å². The Morgan fingerprint density at radius 2 is 1.93 bits per heavy atom. The summed E-state index contributed by atoms with van der Waals surface area (Å²) in [4.78, 5) is 27.6. The summed E-state index contributed by atoms with van der Waals surface area (Å²) in [5.41, 5.74) is 1.35. The Morgan fingerprint density at radius 1 is 1.21 bits per heavy atom. The van der Waals surface area contributed by atoms with Crippen LogP contribution in [0.25, 0.3) is 17.1 Å². The van der Waals surface area contributed by atoms with Gasteiger partial charge in [0.05, 0.1) is 18.6 Å². The largest absolute Gasteiger partial charge is 0.497 e. The van der Waals surface area contributed by atoms with Gasteiger partial charge >= 0.3 is 5.97 Å². The van der Waals surface area contributed by atoms with Gasteiger partial charge in [-0.3, -0.25) is 10.1 Å². The van der Waals surface area contributed by atoms with Crippen LogP contribution in [0.2, 0.25) is 0 Å². The standard InChI is InChI=1S/C19H18N4O5/c1-4-28-19(24)18-20-17(13-6-8-14(27-3)9-7-13)21-22(18)16-11-12(2)5-10-15(16)23(25)26/h5-11H,4H2,1-3H3. The van der Waals surface area contributed by atoms with E-state index in [0.29, 0.717) is 11.3 Å². The molecular weight excluding hydrogens is 364 g/mol. The number of methoxy groups -OCH3 is 1. The highest BCUT2D eigenvalue weighted by atomic mass is 16.6. The number of hydrogen-bond acceptors (Lipinski definition) is 7.